The van der Waals surface area contributed by atoms with Crippen LogP contribution in [0.15, 0.2) is 42.5 Å². The van der Waals surface area contributed by atoms with Gasteiger partial charge in [-0.1, -0.05) is 24.3 Å². The standard InChI is InChI=1S/C18H15F3N2/c19-16-5-2-1-4-15(16)13-6-7-14(11-22)17(10-13)23-9-3-8-18(20,21)12-23/h1-2,4-7,10H,3,8-9,12H2. The summed E-state index contributed by atoms with van der Waals surface area (Å²) in [4.78, 5) is 1.52. The monoisotopic (exact) mass is 316 g/mol. The van der Waals surface area contributed by atoms with Gasteiger partial charge >= 0.3 is 0 Å². The first kappa shape index (κ1) is 15.4. The number of rotatable bonds is 2. The third-order valence-corrected chi connectivity index (χ3v) is 4.04. The van der Waals surface area contributed by atoms with Gasteiger partial charge in [0.1, 0.15) is 11.9 Å². The number of nitriles is 1. The van der Waals surface area contributed by atoms with Crippen LogP contribution in [0, 0.1) is 17.1 Å². The molecule has 3 rings (SSSR count). The van der Waals surface area contributed by atoms with Crippen LogP contribution < -0.4 is 4.90 Å². The highest BCUT2D eigenvalue weighted by atomic mass is 19.3. The molecule has 0 saturated carbocycles. The van der Waals surface area contributed by atoms with Crippen molar-refractivity contribution in [2.24, 2.45) is 0 Å². The topological polar surface area (TPSA) is 27.0 Å². The lowest BCUT2D eigenvalue weighted by Crippen LogP contribution is -2.43. The van der Waals surface area contributed by atoms with E-state index in [1.807, 2.05) is 6.07 Å². The van der Waals surface area contributed by atoms with Gasteiger partial charge in [-0.3, -0.25) is 0 Å². The molecule has 2 nitrogen and oxygen atoms in total. The summed E-state index contributed by atoms with van der Waals surface area (Å²) in [6.45, 7) is 0.0490. The zero-order valence-electron chi connectivity index (χ0n) is 12.4. The molecule has 0 spiro atoms. The fourth-order valence-electron chi connectivity index (χ4n) is 2.92. The van der Waals surface area contributed by atoms with Crippen LogP contribution in [0.1, 0.15) is 18.4 Å². The number of nitrogens with zero attached hydrogens (tertiary/aromatic N) is 2. The smallest absolute Gasteiger partial charge is 0.265 e. The summed E-state index contributed by atoms with van der Waals surface area (Å²) in [7, 11) is 0. The van der Waals surface area contributed by atoms with Gasteiger partial charge in [0.05, 0.1) is 17.8 Å². The zero-order valence-corrected chi connectivity index (χ0v) is 12.4. The molecule has 0 atom stereocenters. The van der Waals surface area contributed by atoms with Crippen molar-refractivity contribution in [1.82, 2.24) is 0 Å². The summed E-state index contributed by atoms with van der Waals surface area (Å²) in [5.74, 6) is -3.15. The van der Waals surface area contributed by atoms with Crippen molar-refractivity contribution in [3.63, 3.8) is 0 Å². The Morgan fingerprint density at radius 1 is 1.13 bits per heavy atom. The minimum Gasteiger partial charge on any atom is -0.364 e. The van der Waals surface area contributed by atoms with Gasteiger partial charge in [0, 0.05) is 18.5 Å². The summed E-state index contributed by atoms with van der Waals surface area (Å²) in [5.41, 5.74) is 1.73. The number of hydrogen-bond acceptors (Lipinski definition) is 2. The fraction of sp³-hybridized carbons (Fsp3) is 0.278. The highest BCUT2D eigenvalue weighted by Crippen LogP contribution is 2.34. The average molecular weight is 316 g/mol. The Balaban J connectivity index is 2.04. The molecule has 0 amide bonds. The van der Waals surface area contributed by atoms with Gasteiger partial charge in [-0.15, -0.1) is 0 Å². The van der Waals surface area contributed by atoms with E-state index in [0.717, 1.165) is 0 Å². The van der Waals surface area contributed by atoms with E-state index >= 15 is 0 Å². The molecule has 2 aromatic rings. The summed E-state index contributed by atoms with van der Waals surface area (Å²) in [6.07, 6.45) is 0.222. The lowest BCUT2D eigenvalue weighted by atomic mass is 9.99. The third kappa shape index (κ3) is 3.16. The van der Waals surface area contributed by atoms with Crippen LogP contribution in [-0.2, 0) is 0 Å². The molecule has 0 bridgehead atoms. The first-order chi connectivity index (χ1) is 11.0. The molecule has 0 N–H and O–H groups in total. The minimum atomic E-state index is -2.76. The average Bonchev–Trinajstić information content (AvgIpc) is 2.54. The first-order valence-corrected chi connectivity index (χ1v) is 7.42. The summed E-state index contributed by atoms with van der Waals surface area (Å²) >= 11 is 0. The van der Waals surface area contributed by atoms with E-state index in [-0.39, 0.29) is 12.2 Å². The van der Waals surface area contributed by atoms with Gasteiger partial charge in [-0.25, -0.2) is 13.2 Å². The van der Waals surface area contributed by atoms with Crippen LogP contribution >= 0.6 is 0 Å². The molecule has 1 aliphatic heterocycles. The van der Waals surface area contributed by atoms with Gasteiger partial charge in [0.2, 0.25) is 0 Å². The molecule has 0 radical (unpaired) electrons. The van der Waals surface area contributed by atoms with E-state index in [1.54, 1.807) is 36.4 Å². The maximum atomic E-state index is 14.0. The van der Waals surface area contributed by atoms with Gasteiger partial charge in [0.15, 0.2) is 0 Å². The Morgan fingerprint density at radius 3 is 2.61 bits per heavy atom. The van der Waals surface area contributed by atoms with Crippen molar-refractivity contribution in [3.05, 3.63) is 53.8 Å². The predicted molar refractivity (Wildman–Crippen MR) is 82.9 cm³/mol. The molecule has 1 fully saturated rings. The Hall–Kier alpha value is -2.48. The number of hydrogen-bond donors (Lipinski definition) is 0. The maximum Gasteiger partial charge on any atom is 0.265 e. The molecule has 5 heteroatoms. The second kappa shape index (κ2) is 5.96. The van der Waals surface area contributed by atoms with Crippen LogP contribution in [0.2, 0.25) is 0 Å². The van der Waals surface area contributed by atoms with Crippen LogP contribution in [-0.4, -0.2) is 19.0 Å². The maximum absolute atomic E-state index is 14.0. The quantitative estimate of drug-likeness (QED) is 0.809. The zero-order chi connectivity index (χ0) is 16.4. The van der Waals surface area contributed by atoms with E-state index in [2.05, 4.69) is 0 Å². The highest BCUT2D eigenvalue weighted by molar-refractivity contribution is 5.73. The first-order valence-electron chi connectivity index (χ1n) is 7.42. The highest BCUT2D eigenvalue weighted by Gasteiger charge is 2.35. The lowest BCUT2D eigenvalue weighted by Gasteiger charge is -2.34. The fourth-order valence-corrected chi connectivity index (χ4v) is 2.92. The number of piperidine rings is 1. The number of alkyl halides is 2. The van der Waals surface area contributed by atoms with Crippen molar-refractivity contribution in [1.29, 1.82) is 5.26 Å². The Kier molecular flexibility index (Phi) is 3.99. The summed E-state index contributed by atoms with van der Waals surface area (Å²) in [6, 6.07) is 13.1. The van der Waals surface area contributed by atoms with Gasteiger partial charge in [-0.05, 0) is 30.2 Å². The molecule has 0 aliphatic carbocycles. The lowest BCUT2D eigenvalue weighted by molar-refractivity contribution is -0.0116. The van der Waals surface area contributed by atoms with Crippen LogP contribution in [0.25, 0.3) is 11.1 Å². The second-order valence-electron chi connectivity index (χ2n) is 5.70. The van der Waals surface area contributed by atoms with Gasteiger partial charge in [-0.2, -0.15) is 5.26 Å². The molecule has 1 heterocycles. The van der Waals surface area contributed by atoms with E-state index in [9.17, 15) is 18.4 Å². The van der Waals surface area contributed by atoms with E-state index in [1.165, 1.54) is 11.0 Å². The molecule has 0 aromatic heterocycles. The third-order valence-electron chi connectivity index (χ3n) is 4.04. The van der Waals surface area contributed by atoms with Crippen LogP contribution in [0.3, 0.4) is 0 Å². The SMILES string of the molecule is N#Cc1ccc(-c2ccccc2F)cc1N1CCCC(F)(F)C1. The Bertz CT molecular complexity index is 765. The molecular weight excluding hydrogens is 301 g/mol. The van der Waals surface area contributed by atoms with Crippen LogP contribution in [0.5, 0.6) is 0 Å². The molecule has 1 saturated heterocycles. The van der Waals surface area contributed by atoms with E-state index in [0.29, 0.717) is 35.3 Å². The van der Waals surface area contributed by atoms with Crippen molar-refractivity contribution < 1.29 is 13.2 Å². The largest absolute Gasteiger partial charge is 0.364 e. The minimum absolute atomic E-state index is 0.140. The van der Waals surface area contributed by atoms with Crippen molar-refractivity contribution in [3.8, 4) is 17.2 Å². The molecular formula is C18H15F3N2. The van der Waals surface area contributed by atoms with Crippen molar-refractivity contribution >= 4 is 5.69 Å². The molecule has 23 heavy (non-hydrogen) atoms. The predicted octanol–water partition coefficient (Wildman–Crippen LogP) is 4.60. The summed E-state index contributed by atoms with van der Waals surface area (Å²) in [5, 5.41) is 9.26. The molecule has 118 valence electrons. The summed E-state index contributed by atoms with van der Waals surface area (Å²) < 4.78 is 41.3. The van der Waals surface area contributed by atoms with Gasteiger partial charge in [0.25, 0.3) is 5.92 Å². The van der Waals surface area contributed by atoms with Crippen molar-refractivity contribution in [2.45, 2.75) is 18.8 Å². The van der Waals surface area contributed by atoms with E-state index < -0.39 is 12.5 Å². The molecule has 1 aliphatic rings. The Labute approximate surface area is 132 Å². The van der Waals surface area contributed by atoms with Crippen LogP contribution in [0.4, 0.5) is 18.9 Å². The Morgan fingerprint density at radius 2 is 1.91 bits per heavy atom. The van der Waals surface area contributed by atoms with E-state index in [4.69, 9.17) is 0 Å². The van der Waals surface area contributed by atoms with Gasteiger partial charge < -0.3 is 4.90 Å². The second-order valence-corrected chi connectivity index (χ2v) is 5.70. The normalized spacial score (nSPS) is 16.9. The number of benzene rings is 2. The molecule has 0 unspecified atom stereocenters. The number of halogens is 3. The van der Waals surface area contributed by atoms with Crippen molar-refractivity contribution in [2.75, 3.05) is 18.0 Å². The molecule has 2 aromatic carbocycles. The number of anilines is 1.